The van der Waals surface area contributed by atoms with E-state index in [0.717, 1.165) is 5.56 Å². The second-order valence-corrected chi connectivity index (χ2v) is 4.75. The summed E-state index contributed by atoms with van der Waals surface area (Å²) in [6.07, 6.45) is 1.02. The molecule has 0 bridgehead atoms. The fourth-order valence-corrected chi connectivity index (χ4v) is 1.89. The Morgan fingerprint density at radius 1 is 1.20 bits per heavy atom. The Morgan fingerprint density at radius 3 is 2.55 bits per heavy atom. The Balaban J connectivity index is 1.89. The molecule has 104 valence electrons. The van der Waals surface area contributed by atoms with Gasteiger partial charge in [-0.2, -0.15) is 0 Å². The normalized spacial score (nSPS) is 10.3. The third kappa shape index (κ3) is 3.82. The van der Waals surface area contributed by atoms with Crippen molar-refractivity contribution in [3.05, 3.63) is 59.4 Å². The monoisotopic (exact) mass is 272 g/mol. The number of benzene rings is 2. The van der Waals surface area contributed by atoms with Crippen molar-refractivity contribution in [3.63, 3.8) is 0 Å². The maximum absolute atomic E-state index is 13.1. The maximum Gasteiger partial charge on any atom is 0.224 e. The molecule has 0 aromatic heterocycles. The number of hydrogen-bond donors (Lipinski definition) is 2. The van der Waals surface area contributed by atoms with Crippen LogP contribution in [-0.4, -0.2) is 5.91 Å². The van der Waals surface area contributed by atoms with Gasteiger partial charge in [-0.15, -0.1) is 0 Å². The number of aryl methyl sites for hydroxylation is 2. The largest absolute Gasteiger partial charge is 0.399 e. The molecule has 0 radical (unpaired) electrons. The fourth-order valence-electron chi connectivity index (χ4n) is 1.89. The average Bonchev–Trinajstić information content (AvgIpc) is 2.42. The number of amides is 1. The number of nitrogens with two attached hydrogens (primary N) is 1. The highest BCUT2D eigenvalue weighted by Crippen LogP contribution is 2.14. The van der Waals surface area contributed by atoms with Gasteiger partial charge in [-0.1, -0.05) is 12.1 Å². The van der Waals surface area contributed by atoms with Gasteiger partial charge in [0.05, 0.1) is 0 Å². The molecule has 2 aromatic rings. The van der Waals surface area contributed by atoms with E-state index in [1.807, 2.05) is 24.3 Å². The number of anilines is 2. The predicted molar refractivity (Wildman–Crippen MR) is 78.9 cm³/mol. The molecule has 0 fully saturated rings. The second-order valence-electron chi connectivity index (χ2n) is 4.75. The molecule has 3 N–H and O–H groups in total. The molecule has 20 heavy (non-hydrogen) atoms. The van der Waals surface area contributed by atoms with Crippen molar-refractivity contribution in [1.82, 2.24) is 0 Å². The van der Waals surface area contributed by atoms with Crippen LogP contribution in [0, 0.1) is 12.7 Å². The molecule has 2 rings (SSSR count). The first-order valence-electron chi connectivity index (χ1n) is 6.45. The number of rotatable bonds is 4. The molecule has 0 heterocycles. The lowest BCUT2D eigenvalue weighted by atomic mass is 10.1. The van der Waals surface area contributed by atoms with E-state index < -0.39 is 0 Å². The van der Waals surface area contributed by atoms with E-state index >= 15 is 0 Å². The van der Waals surface area contributed by atoms with Gasteiger partial charge < -0.3 is 11.1 Å². The highest BCUT2D eigenvalue weighted by molar-refractivity contribution is 5.90. The number of carbonyl (C=O) groups is 1. The summed E-state index contributed by atoms with van der Waals surface area (Å²) in [5.41, 5.74) is 8.50. The lowest BCUT2D eigenvalue weighted by Gasteiger charge is -2.07. The molecule has 2 aromatic carbocycles. The summed E-state index contributed by atoms with van der Waals surface area (Å²) in [7, 11) is 0. The second kappa shape index (κ2) is 6.19. The van der Waals surface area contributed by atoms with Crippen LogP contribution < -0.4 is 11.1 Å². The van der Waals surface area contributed by atoms with E-state index in [1.54, 1.807) is 19.1 Å². The maximum atomic E-state index is 13.1. The topological polar surface area (TPSA) is 55.1 Å². The van der Waals surface area contributed by atoms with Gasteiger partial charge in [0.15, 0.2) is 0 Å². The van der Waals surface area contributed by atoms with E-state index in [-0.39, 0.29) is 11.7 Å². The van der Waals surface area contributed by atoms with Crippen LogP contribution in [0.3, 0.4) is 0 Å². The van der Waals surface area contributed by atoms with Gasteiger partial charge in [0.2, 0.25) is 5.91 Å². The third-order valence-corrected chi connectivity index (χ3v) is 3.06. The number of carbonyl (C=O) groups excluding carboxylic acids is 1. The van der Waals surface area contributed by atoms with Gasteiger partial charge in [0, 0.05) is 17.8 Å². The van der Waals surface area contributed by atoms with E-state index in [4.69, 9.17) is 5.73 Å². The smallest absolute Gasteiger partial charge is 0.224 e. The van der Waals surface area contributed by atoms with Crippen LogP contribution in [0.5, 0.6) is 0 Å². The third-order valence-electron chi connectivity index (χ3n) is 3.06. The van der Waals surface area contributed by atoms with Crippen LogP contribution in [0.2, 0.25) is 0 Å². The Bertz CT molecular complexity index is 608. The van der Waals surface area contributed by atoms with Crippen LogP contribution >= 0.6 is 0 Å². The quantitative estimate of drug-likeness (QED) is 0.839. The van der Waals surface area contributed by atoms with Crippen LogP contribution in [0.15, 0.2) is 42.5 Å². The van der Waals surface area contributed by atoms with Gasteiger partial charge >= 0.3 is 0 Å². The first kappa shape index (κ1) is 14.1. The van der Waals surface area contributed by atoms with Gasteiger partial charge in [-0.05, 0) is 54.8 Å². The highest BCUT2D eigenvalue weighted by atomic mass is 19.1. The van der Waals surface area contributed by atoms with Gasteiger partial charge in [-0.25, -0.2) is 4.39 Å². The molecule has 0 saturated heterocycles. The zero-order valence-electron chi connectivity index (χ0n) is 11.3. The van der Waals surface area contributed by atoms with Crippen molar-refractivity contribution in [1.29, 1.82) is 0 Å². The summed E-state index contributed by atoms with van der Waals surface area (Å²) in [5, 5.41) is 2.76. The summed E-state index contributed by atoms with van der Waals surface area (Å²) in [6, 6.07) is 12.0. The van der Waals surface area contributed by atoms with Gasteiger partial charge in [0.1, 0.15) is 5.82 Å². The summed E-state index contributed by atoms with van der Waals surface area (Å²) >= 11 is 0. The van der Waals surface area contributed by atoms with E-state index in [1.165, 1.54) is 6.07 Å². The summed E-state index contributed by atoms with van der Waals surface area (Å²) in [4.78, 5) is 11.8. The Labute approximate surface area is 117 Å². The van der Waals surface area contributed by atoms with Crippen molar-refractivity contribution in [2.45, 2.75) is 19.8 Å². The van der Waals surface area contributed by atoms with Crippen LogP contribution in [0.4, 0.5) is 15.8 Å². The highest BCUT2D eigenvalue weighted by Gasteiger charge is 2.05. The number of halogens is 1. The first-order chi connectivity index (χ1) is 9.54. The van der Waals surface area contributed by atoms with Crippen molar-refractivity contribution in [2.24, 2.45) is 0 Å². The van der Waals surface area contributed by atoms with E-state index in [0.29, 0.717) is 29.8 Å². The molecule has 0 atom stereocenters. The molecule has 0 aliphatic rings. The van der Waals surface area contributed by atoms with E-state index in [9.17, 15) is 9.18 Å². The average molecular weight is 272 g/mol. The van der Waals surface area contributed by atoms with Crippen molar-refractivity contribution >= 4 is 17.3 Å². The van der Waals surface area contributed by atoms with Crippen LogP contribution in [-0.2, 0) is 11.2 Å². The van der Waals surface area contributed by atoms with Gasteiger partial charge in [-0.3, -0.25) is 4.79 Å². The van der Waals surface area contributed by atoms with Crippen LogP contribution in [0.1, 0.15) is 17.5 Å². The molecule has 0 spiro atoms. The zero-order chi connectivity index (χ0) is 14.5. The summed E-state index contributed by atoms with van der Waals surface area (Å²) in [5.74, 6) is -0.363. The fraction of sp³-hybridized carbons (Fsp3) is 0.188. The van der Waals surface area contributed by atoms with Crippen molar-refractivity contribution in [2.75, 3.05) is 11.1 Å². The minimum atomic E-state index is -0.273. The van der Waals surface area contributed by atoms with Crippen molar-refractivity contribution < 1.29 is 9.18 Å². The lowest BCUT2D eigenvalue weighted by molar-refractivity contribution is -0.116. The zero-order valence-corrected chi connectivity index (χ0v) is 11.3. The molecule has 1 amide bonds. The number of nitrogen functional groups attached to an aromatic ring is 1. The Hall–Kier alpha value is -2.36. The minimum absolute atomic E-state index is 0.0900. The SMILES string of the molecule is Cc1cc(NC(=O)CCc2ccc(N)cc2)ccc1F. The lowest BCUT2D eigenvalue weighted by Crippen LogP contribution is -2.12. The molecule has 4 heteroatoms. The molecule has 0 aliphatic heterocycles. The molecule has 0 aliphatic carbocycles. The number of nitrogens with one attached hydrogen (secondary N) is 1. The van der Waals surface area contributed by atoms with Gasteiger partial charge in [0.25, 0.3) is 0 Å². The predicted octanol–water partition coefficient (Wildman–Crippen LogP) is 3.29. The Kier molecular flexibility index (Phi) is 4.35. The summed E-state index contributed by atoms with van der Waals surface area (Å²) in [6.45, 7) is 1.67. The van der Waals surface area contributed by atoms with Crippen LogP contribution in [0.25, 0.3) is 0 Å². The Morgan fingerprint density at radius 2 is 1.90 bits per heavy atom. The standard InChI is InChI=1S/C16H17FN2O/c1-11-10-14(7-8-15(11)17)19-16(20)9-4-12-2-5-13(18)6-3-12/h2-3,5-8,10H,4,9,18H2,1H3,(H,19,20). The molecule has 3 nitrogen and oxygen atoms in total. The molecule has 0 saturated carbocycles. The summed E-state index contributed by atoms with van der Waals surface area (Å²) < 4.78 is 13.1. The van der Waals surface area contributed by atoms with Crippen molar-refractivity contribution in [3.8, 4) is 0 Å². The molecular weight excluding hydrogens is 255 g/mol. The molecule has 0 unspecified atom stereocenters. The number of hydrogen-bond acceptors (Lipinski definition) is 2. The molecular formula is C16H17FN2O. The minimum Gasteiger partial charge on any atom is -0.399 e. The van der Waals surface area contributed by atoms with E-state index in [2.05, 4.69) is 5.32 Å². The first-order valence-corrected chi connectivity index (χ1v) is 6.45.